The standard InChI is InChI=1S/C18H21NO3.C2H6/c1-4-22-18(20)15-9-13-8-11(2)14(12-6-5-7-12)10-16(13)19-17(15)21-3;1-2/h8-10,12H,4-7H2,1-3H3;1-2H3. The molecule has 1 fully saturated rings. The third-order valence-corrected chi connectivity index (χ3v) is 4.40. The molecule has 1 aliphatic rings. The molecule has 1 heterocycles. The van der Waals surface area contributed by atoms with Crippen molar-refractivity contribution in [3.63, 3.8) is 0 Å². The summed E-state index contributed by atoms with van der Waals surface area (Å²) in [5.41, 5.74) is 3.89. The highest BCUT2D eigenvalue weighted by molar-refractivity contribution is 5.96. The molecule has 0 atom stereocenters. The van der Waals surface area contributed by atoms with Crippen molar-refractivity contribution >= 4 is 16.9 Å². The van der Waals surface area contributed by atoms with Crippen LogP contribution in [0.3, 0.4) is 0 Å². The molecule has 0 N–H and O–H groups in total. The molecule has 1 saturated carbocycles. The lowest BCUT2D eigenvalue weighted by Gasteiger charge is -2.27. The number of carbonyl (C=O) groups excluding carboxylic acids is 1. The number of rotatable bonds is 4. The number of aryl methyl sites for hydroxylation is 1. The second-order valence-electron chi connectivity index (χ2n) is 5.80. The number of methoxy groups -OCH3 is 1. The van der Waals surface area contributed by atoms with E-state index in [1.54, 1.807) is 6.92 Å². The fraction of sp³-hybridized carbons (Fsp3) is 0.500. The molecule has 0 bridgehead atoms. The predicted molar refractivity (Wildman–Crippen MR) is 96.9 cm³/mol. The smallest absolute Gasteiger partial charge is 0.343 e. The van der Waals surface area contributed by atoms with Gasteiger partial charge in [-0.25, -0.2) is 9.78 Å². The van der Waals surface area contributed by atoms with Gasteiger partial charge in [-0.2, -0.15) is 0 Å². The minimum absolute atomic E-state index is 0.328. The topological polar surface area (TPSA) is 48.4 Å². The maximum absolute atomic E-state index is 12.0. The molecular formula is C20H27NO3. The summed E-state index contributed by atoms with van der Waals surface area (Å²) in [7, 11) is 1.53. The van der Waals surface area contributed by atoms with Crippen LogP contribution in [-0.4, -0.2) is 24.7 Å². The molecule has 4 heteroatoms. The first-order chi connectivity index (χ1) is 11.6. The number of hydrogen-bond donors (Lipinski definition) is 0. The van der Waals surface area contributed by atoms with Gasteiger partial charge in [-0.3, -0.25) is 0 Å². The van der Waals surface area contributed by atoms with Crippen molar-refractivity contribution in [2.45, 2.75) is 52.9 Å². The van der Waals surface area contributed by atoms with Gasteiger partial charge >= 0.3 is 5.97 Å². The molecule has 3 rings (SSSR count). The average molecular weight is 329 g/mol. The largest absolute Gasteiger partial charge is 0.480 e. The van der Waals surface area contributed by atoms with Crippen molar-refractivity contribution < 1.29 is 14.3 Å². The summed E-state index contributed by atoms with van der Waals surface area (Å²) >= 11 is 0. The molecule has 2 aromatic rings. The van der Waals surface area contributed by atoms with E-state index in [-0.39, 0.29) is 0 Å². The van der Waals surface area contributed by atoms with Gasteiger partial charge in [0.25, 0.3) is 0 Å². The Morgan fingerprint density at radius 2 is 1.96 bits per heavy atom. The van der Waals surface area contributed by atoms with Gasteiger partial charge in [-0.05, 0) is 61.9 Å². The molecule has 0 radical (unpaired) electrons. The van der Waals surface area contributed by atoms with E-state index in [2.05, 4.69) is 24.0 Å². The van der Waals surface area contributed by atoms with Crippen LogP contribution in [0, 0.1) is 6.92 Å². The van der Waals surface area contributed by atoms with Crippen molar-refractivity contribution in [2.75, 3.05) is 13.7 Å². The number of fused-ring (bicyclic) bond motifs is 1. The Hall–Kier alpha value is -2.10. The number of benzene rings is 1. The van der Waals surface area contributed by atoms with Crippen LogP contribution >= 0.6 is 0 Å². The quantitative estimate of drug-likeness (QED) is 0.739. The van der Waals surface area contributed by atoms with Crippen molar-refractivity contribution in [1.82, 2.24) is 4.98 Å². The summed E-state index contributed by atoms with van der Waals surface area (Å²) in [4.78, 5) is 16.6. The maximum Gasteiger partial charge on any atom is 0.343 e. The molecule has 0 aliphatic heterocycles. The molecule has 0 unspecified atom stereocenters. The summed E-state index contributed by atoms with van der Waals surface area (Å²) in [5, 5.41) is 0.949. The fourth-order valence-corrected chi connectivity index (χ4v) is 3.00. The predicted octanol–water partition coefficient (Wildman–Crippen LogP) is 5.02. The lowest BCUT2D eigenvalue weighted by Crippen LogP contribution is -2.11. The Morgan fingerprint density at radius 1 is 1.25 bits per heavy atom. The van der Waals surface area contributed by atoms with Gasteiger partial charge in [0.05, 0.1) is 19.2 Å². The molecule has 24 heavy (non-hydrogen) atoms. The summed E-state index contributed by atoms with van der Waals surface area (Å²) in [6.45, 7) is 8.24. The van der Waals surface area contributed by atoms with Gasteiger partial charge in [0.2, 0.25) is 5.88 Å². The minimum Gasteiger partial charge on any atom is -0.480 e. The van der Waals surface area contributed by atoms with E-state index in [4.69, 9.17) is 9.47 Å². The highest BCUT2D eigenvalue weighted by Gasteiger charge is 2.23. The van der Waals surface area contributed by atoms with E-state index in [0.29, 0.717) is 24.0 Å². The van der Waals surface area contributed by atoms with Gasteiger partial charge in [0.1, 0.15) is 5.56 Å². The zero-order valence-electron chi connectivity index (χ0n) is 15.3. The second-order valence-corrected chi connectivity index (χ2v) is 5.80. The Balaban J connectivity index is 0.00000100. The normalized spacial score (nSPS) is 13.7. The molecule has 0 spiro atoms. The number of nitrogens with zero attached hydrogens (tertiary/aromatic N) is 1. The van der Waals surface area contributed by atoms with E-state index in [1.807, 2.05) is 19.9 Å². The van der Waals surface area contributed by atoms with Gasteiger partial charge in [-0.1, -0.05) is 20.3 Å². The van der Waals surface area contributed by atoms with E-state index >= 15 is 0 Å². The number of carbonyl (C=O) groups is 1. The van der Waals surface area contributed by atoms with Crippen molar-refractivity contribution in [3.8, 4) is 5.88 Å². The lowest BCUT2D eigenvalue weighted by molar-refractivity contribution is 0.0522. The lowest BCUT2D eigenvalue weighted by atomic mass is 9.78. The summed E-state index contributed by atoms with van der Waals surface area (Å²) < 4.78 is 10.4. The molecule has 1 aromatic carbocycles. The van der Waals surface area contributed by atoms with Crippen molar-refractivity contribution in [3.05, 3.63) is 34.9 Å². The van der Waals surface area contributed by atoms with Gasteiger partial charge in [-0.15, -0.1) is 0 Å². The molecule has 0 saturated heterocycles. The van der Waals surface area contributed by atoms with Gasteiger partial charge in [0, 0.05) is 5.39 Å². The molecule has 0 amide bonds. The summed E-state index contributed by atoms with van der Waals surface area (Å²) in [5.74, 6) is 0.589. The first-order valence-electron chi connectivity index (χ1n) is 8.80. The SMILES string of the molecule is CC.CCOC(=O)c1cc2cc(C)c(C3CCC3)cc2nc1OC. The van der Waals surface area contributed by atoms with Crippen LogP contribution in [-0.2, 0) is 4.74 Å². The van der Waals surface area contributed by atoms with Crippen LogP contribution in [0.2, 0.25) is 0 Å². The van der Waals surface area contributed by atoms with Crippen LogP contribution in [0.5, 0.6) is 5.88 Å². The average Bonchev–Trinajstić information content (AvgIpc) is 2.55. The number of ether oxygens (including phenoxy) is 2. The van der Waals surface area contributed by atoms with Crippen LogP contribution in [0.1, 0.15) is 67.4 Å². The molecule has 1 aliphatic carbocycles. The summed E-state index contributed by atoms with van der Waals surface area (Å²) in [6, 6.07) is 6.07. The summed E-state index contributed by atoms with van der Waals surface area (Å²) in [6.07, 6.45) is 3.81. The highest BCUT2D eigenvalue weighted by Crippen LogP contribution is 2.39. The van der Waals surface area contributed by atoms with Gasteiger partial charge < -0.3 is 9.47 Å². The number of hydrogen-bond acceptors (Lipinski definition) is 4. The monoisotopic (exact) mass is 329 g/mol. The third-order valence-electron chi connectivity index (χ3n) is 4.40. The number of esters is 1. The Morgan fingerprint density at radius 3 is 2.50 bits per heavy atom. The molecule has 4 nitrogen and oxygen atoms in total. The number of aromatic nitrogens is 1. The minimum atomic E-state index is -0.394. The zero-order valence-corrected chi connectivity index (χ0v) is 15.3. The Labute approximate surface area is 144 Å². The molecule has 130 valence electrons. The van der Waals surface area contributed by atoms with Crippen LogP contribution in [0.25, 0.3) is 10.9 Å². The van der Waals surface area contributed by atoms with E-state index in [9.17, 15) is 4.79 Å². The van der Waals surface area contributed by atoms with Gasteiger partial charge in [0.15, 0.2) is 0 Å². The van der Waals surface area contributed by atoms with E-state index in [1.165, 1.54) is 37.5 Å². The van der Waals surface area contributed by atoms with Crippen molar-refractivity contribution in [2.24, 2.45) is 0 Å². The van der Waals surface area contributed by atoms with Crippen LogP contribution in [0.15, 0.2) is 18.2 Å². The Bertz CT molecular complexity index is 720. The second kappa shape index (κ2) is 8.13. The Kier molecular flexibility index (Phi) is 6.18. The van der Waals surface area contributed by atoms with Crippen LogP contribution in [0.4, 0.5) is 0 Å². The highest BCUT2D eigenvalue weighted by atomic mass is 16.5. The fourth-order valence-electron chi connectivity index (χ4n) is 3.00. The first kappa shape index (κ1) is 18.2. The van der Waals surface area contributed by atoms with E-state index in [0.717, 1.165) is 10.9 Å². The first-order valence-corrected chi connectivity index (χ1v) is 8.80. The van der Waals surface area contributed by atoms with E-state index < -0.39 is 5.97 Å². The van der Waals surface area contributed by atoms with Crippen LogP contribution < -0.4 is 4.74 Å². The van der Waals surface area contributed by atoms with Crippen molar-refractivity contribution in [1.29, 1.82) is 0 Å². The third kappa shape index (κ3) is 3.53. The maximum atomic E-state index is 12.0. The molecule has 1 aromatic heterocycles. The number of pyridine rings is 1. The zero-order chi connectivity index (χ0) is 17.7. The molecular weight excluding hydrogens is 302 g/mol.